The van der Waals surface area contributed by atoms with Crippen molar-refractivity contribution in [1.82, 2.24) is 10.2 Å². The van der Waals surface area contributed by atoms with Gasteiger partial charge in [0.25, 0.3) is 0 Å². The van der Waals surface area contributed by atoms with Gasteiger partial charge in [-0.05, 0) is 57.5 Å². The molecule has 0 spiro atoms. The molecule has 1 amide bonds. The standard InChI is InChI=1S/C17H26N2O3.C2H2O4/c1-12(2)18-17(21)14-6-8-19(9-7-14)11-13-4-5-15(20)16(10-13)22-3;3-1(4)2(5)6/h4-5,10,12,14,20H,6-9,11H2,1-3H3,(H,18,21);(H,3,4)(H,5,6). The van der Waals surface area contributed by atoms with Crippen molar-refractivity contribution in [3.63, 3.8) is 0 Å². The van der Waals surface area contributed by atoms with Crippen molar-refractivity contribution in [3.05, 3.63) is 23.8 Å². The smallest absolute Gasteiger partial charge is 0.414 e. The highest BCUT2D eigenvalue weighted by Crippen LogP contribution is 2.27. The molecule has 2 rings (SSSR count). The van der Waals surface area contributed by atoms with Gasteiger partial charge in [-0.15, -0.1) is 0 Å². The summed E-state index contributed by atoms with van der Waals surface area (Å²) in [7, 11) is 1.55. The number of rotatable bonds is 5. The van der Waals surface area contributed by atoms with E-state index in [1.165, 1.54) is 0 Å². The molecule has 1 aromatic rings. The number of benzene rings is 1. The van der Waals surface area contributed by atoms with Crippen molar-refractivity contribution in [2.45, 2.75) is 39.3 Å². The van der Waals surface area contributed by atoms with Gasteiger partial charge < -0.3 is 25.4 Å². The number of carbonyl (C=O) groups is 3. The number of amides is 1. The lowest BCUT2D eigenvalue weighted by atomic mass is 9.95. The average molecular weight is 396 g/mol. The van der Waals surface area contributed by atoms with Gasteiger partial charge in [0, 0.05) is 18.5 Å². The van der Waals surface area contributed by atoms with E-state index in [0.29, 0.717) is 5.75 Å². The molecule has 0 unspecified atom stereocenters. The number of methoxy groups -OCH3 is 1. The minimum Gasteiger partial charge on any atom is -0.504 e. The number of likely N-dealkylation sites (tertiary alicyclic amines) is 1. The van der Waals surface area contributed by atoms with Gasteiger partial charge in [-0.1, -0.05) is 6.07 Å². The first-order valence-electron chi connectivity index (χ1n) is 8.98. The number of carboxylic acid groups (broad SMARTS) is 2. The Kier molecular flexibility index (Phi) is 9.23. The summed E-state index contributed by atoms with van der Waals surface area (Å²) in [5.74, 6) is -2.67. The van der Waals surface area contributed by atoms with Gasteiger partial charge in [0.15, 0.2) is 11.5 Å². The fourth-order valence-corrected chi connectivity index (χ4v) is 2.83. The average Bonchev–Trinajstić information content (AvgIpc) is 2.63. The number of ether oxygens (including phenoxy) is 1. The van der Waals surface area contributed by atoms with Crippen LogP contribution in [0.25, 0.3) is 0 Å². The third-order valence-electron chi connectivity index (χ3n) is 4.22. The van der Waals surface area contributed by atoms with Crippen LogP contribution in [0.4, 0.5) is 0 Å². The number of piperidine rings is 1. The van der Waals surface area contributed by atoms with Crippen molar-refractivity contribution in [2.75, 3.05) is 20.2 Å². The summed E-state index contributed by atoms with van der Waals surface area (Å²) in [6, 6.07) is 5.65. The zero-order valence-corrected chi connectivity index (χ0v) is 16.3. The molecule has 4 N–H and O–H groups in total. The molecule has 9 heteroatoms. The summed E-state index contributed by atoms with van der Waals surface area (Å²) < 4.78 is 5.14. The molecule has 0 aliphatic carbocycles. The van der Waals surface area contributed by atoms with Crippen LogP contribution < -0.4 is 10.1 Å². The molecule has 9 nitrogen and oxygen atoms in total. The van der Waals surface area contributed by atoms with E-state index in [-0.39, 0.29) is 23.6 Å². The number of aliphatic carboxylic acids is 2. The molecule has 0 aromatic heterocycles. The fourth-order valence-electron chi connectivity index (χ4n) is 2.83. The summed E-state index contributed by atoms with van der Waals surface area (Å²) in [5.41, 5.74) is 1.11. The van der Waals surface area contributed by atoms with Crippen LogP contribution in [-0.4, -0.2) is 64.3 Å². The van der Waals surface area contributed by atoms with Gasteiger partial charge >= 0.3 is 11.9 Å². The Bertz CT molecular complexity index is 671. The number of nitrogens with zero attached hydrogens (tertiary/aromatic N) is 1. The van der Waals surface area contributed by atoms with Crippen molar-refractivity contribution in [1.29, 1.82) is 0 Å². The summed E-state index contributed by atoms with van der Waals surface area (Å²) in [6.45, 7) is 6.63. The van der Waals surface area contributed by atoms with Crippen molar-refractivity contribution in [2.24, 2.45) is 5.92 Å². The van der Waals surface area contributed by atoms with Crippen LogP contribution in [0.1, 0.15) is 32.3 Å². The van der Waals surface area contributed by atoms with Crippen LogP contribution in [0.15, 0.2) is 18.2 Å². The van der Waals surface area contributed by atoms with E-state index in [2.05, 4.69) is 10.2 Å². The van der Waals surface area contributed by atoms with Crippen LogP contribution in [0.5, 0.6) is 11.5 Å². The molecule has 1 saturated heterocycles. The number of phenols is 1. The molecule has 1 aliphatic heterocycles. The second kappa shape index (κ2) is 11.1. The largest absolute Gasteiger partial charge is 0.504 e. The maximum atomic E-state index is 12.0. The summed E-state index contributed by atoms with van der Waals surface area (Å²) in [5, 5.41) is 27.4. The van der Waals surface area contributed by atoms with Crippen LogP contribution >= 0.6 is 0 Å². The van der Waals surface area contributed by atoms with E-state index in [4.69, 9.17) is 24.5 Å². The Morgan fingerprint density at radius 1 is 1.18 bits per heavy atom. The fraction of sp³-hybridized carbons (Fsp3) is 0.526. The second-order valence-electron chi connectivity index (χ2n) is 6.83. The van der Waals surface area contributed by atoms with Gasteiger partial charge in [-0.3, -0.25) is 9.69 Å². The monoisotopic (exact) mass is 396 g/mol. The van der Waals surface area contributed by atoms with E-state index in [0.717, 1.165) is 38.0 Å². The number of hydrogen-bond donors (Lipinski definition) is 4. The topological polar surface area (TPSA) is 136 Å². The van der Waals surface area contributed by atoms with E-state index in [1.807, 2.05) is 26.0 Å². The number of carboxylic acids is 2. The SMILES string of the molecule is COc1cc(CN2CCC(C(=O)NC(C)C)CC2)ccc1O.O=C(O)C(=O)O. The quantitative estimate of drug-likeness (QED) is 0.547. The van der Waals surface area contributed by atoms with Crippen molar-refractivity contribution < 1.29 is 34.4 Å². The Labute approximate surface area is 163 Å². The van der Waals surface area contributed by atoms with Gasteiger partial charge in [-0.2, -0.15) is 0 Å². The zero-order valence-electron chi connectivity index (χ0n) is 16.3. The minimum atomic E-state index is -1.82. The third kappa shape index (κ3) is 7.83. The molecule has 1 fully saturated rings. The molecule has 1 aromatic carbocycles. The lowest BCUT2D eigenvalue weighted by molar-refractivity contribution is -0.159. The number of aromatic hydroxyl groups is 1. The first-order chi connectivity index (χ1) is 13.1. The third-order valence-corrected chi connectivity index (χ3v) is 4.22. The lowest BCUT2D eigenvalue weighted by Crippen LogP contribution is -2.42. The van der Waals surface area contributed by atoms with Crippen LogP contribution in [0, 0.1) is 5.92 Å². The second-order valence-corrected chi connectivity index (χ2v) is 6.83. The Morgan fingerprint density at radius 2 is 1.75 bits per heavy atom. The van der Waals surface area contributed by atoms with E-state index in [1.54, 1.807) is 13.2 Å². The molecular weight excluding hydrogens is 368 g/mol. The molecule has 1 aliphatic rings. The highest BCUT2D eigenvalue weighted by atomic mass is 16.5. The van der Waals surface area contributed by atoms with Crippen LogP contribution in [0.3, 0.4) is 0 Å². The highest BCUT2D eigenvalue weighted by Gasteiger charge is 2.25. The first-order valence-corrected chi connectivity index (χ1v) is 8.98. The molecule has 1 heterocycles. The van der Waals surface area contributed by atoms with Gasteiger partial charge in [0.05, 0.1) is 7.11 Å². The Balaban J connectivity index is 0.000000568. The predicted octanol–water partition coefficient (Wildman–Crippen LogP) is 1.29. The first kappa shape index (κ1) is 23.2. The molecule has 156 valence electrons. The van der Waals surface area contributed by atoms with Crippen LogP contribution in [0.2, 0.25) is 0 Å². The minimum absolute atomic E-state index is 0.132. The van der Waals surface area contributed by atoms with Gasteiger partial charge in [0.2, 0.25) is 5.91 Å². The number of carbonyl (C=O) groups excluding carboxylic acids is 1. The number of hydrogen-bond acceptors (Lipinski definition) is 6. The summed E-state index contributed by atoms with van der Waals surface area (Å²) in [4.78, 5) is 32.6. The van der Waals surface area contributed by atoms with E-state index >= 15 is 0 Å². The maximum absolute atomic E-state index is 12.0. The predicted molar refractivity (Wildman–Crippen MR) is 101 cm³/mol. The van der Waals surface area contributed by atoms with E-state index in [9.17, 15) is 9.90 Å². The molecule has 0 saturated carbocycles. The maximum Gasteiger partial charge on any atom is 0.414 e. The lowest BCUT2D eigenvalue weighted by Gasteiger charge is -2.31. The summed E-state index contributed by atoms with van der Waals surface area (Å²) >= 11 is 0. The van der Waals surface area contributed by atoms with Crippen molar-refractivity contribution >= 4 is 17.8 Å². The Morgan fingerprint density at radius 3 is 2.21 bits per heavy atom. The van der Waals surface area contributed by atoms with E-state index < -0.39 is 11.9 Å². The zero-order chi connectivity index (χ0) is 21.3. The number of phenolic OH excluding ortho intramolecular Hbond substituents is 1. The van der Waals surface area contributed by atoms with Crippen molar-refractivity contribution in [3.8, 4) is 11.5 Å². The normalized spacial score (nSPS) is 14.7. The highest BCUT2D eigenvalue weighted by molar-refractivity contribution is 6.27. The molecule has 28 heavy (non-hydrogen) atoms. The Hall–Kier alpha value is -2.81. The van der Waals surface area contributed by atoms with Gasteiger partial charge in [0.1, 0.15) is 0 Å². The molecule has 0 atom stereocenters. The molecular formula is C19H28N2O7. The molecule has 0 bridgehead atoms. The van der Waals surface area contributed by atoms with Gasteiger partial charge in [-0.25, -0.2) is 9.59 Å². The van der Waals surface area contributed by atoms with Crippen LogP contribution in [-0.2, 0) is 20.9 Å². The number of nitrogens with one attached hydrogen (secondary N) is 1. The summed E-state index contributed by atoms with van der Waals surface area (Å²) in [6.07, 6.45) is 1.79. The molecule has 0 radical (unpaired) electrons.